The molecule has 8 heteroatoms. The van der Waals surface area contributed by atoms with E-state index >= 15 is 0 Å². The smallest absolute Gasteiger partial charge is 0.249 e. The summed E-state index contributed by atoms with van der Waals surface area (Å²) in [6, 6.07) is 8.69. The number of nitrogens with zero attached hydrogens (tertiary/aromatic N) is 1. The molecule has 2 aromatic carbocycles. The van der Waals surface area contributed by atoms with Gasteiger partial charge in [0.25, 0.3) is 0 Å². The van der Waals surface area contributed by atoms with Crippen LogP contribution in [0.4, 0.5) is 4.39 Å². The lowest BCUT2D eigenvalue weighted by molar-refractivity contribution is 0.0987. The number of carbonyl (C=O) groups excluding carboxylic acids is 1. The predicted octanol–water partition coefficient (Wildman–Crippen LogP) is 4.75. The highest BCUT2D eigenvalue weighted by Gasteiger charge is 2.29. The van der Waals surface area contributed by atoms with Gasteiger partial charge in [-0.1, -0.05) is 19.1 Å². The minimum atomic E-state index is -0.558. The van der Waals surface area contributed by atoms with Crippen LogP contribution in [-0.2, 0) is 12.8 Å². The van der Waals surface area contributed by atoms with E-state index in [0.29, 0.717) is 24.2 Å². The van der Waals surface area contributed by atoms with E-state index in [1.165, 1.54) is 17.7 Å². The first-order valence-corrected chi connectivity index (χ1v) is 11.0. The first-order valence-electron chi connectivity index (χ1n) is 11.0. The number of furan rings is 1. The Morgan fingerprint density at radius 1 is 1.27 bits per heavy atom. The quantitative estimate of drug-likeness (QED) is 0.451. The normalized spacial score (nSPS) is 15.1. The Morgan fingerprint density at radius 2 is 2.09 bits per heavy atom. The molecule has 1 atom stereocenters. The fraction of sp³-hybridized carbons (Fsp3) is 0.400. The monoisotopic (exact) mass is 476 g/mol. The Balaban J connectivity index is 0.00000306. The van der Waals surface area contributed by atoms with E-state index < -0.39 is 11.7 Å². The van der Waals surface area contributed by atoms with Crippen molar-refractivity contribution in [1.82, 2.24) is 4.90 Å². The molecule has 0 aliphatic carbocycles. The van der Waals surface area contributed by atoms with Crippen LogP contribution in [0.15, 0.2) is 41.0 Å². The number of unbranched alkanes of at least 4 members (excludes halogenated alkanes) is 1. The zero-order chi connectivity index (χ0) is 22.7. The molecular formula is C25H30ClFN2O4. The van der Waals surface area contributed by atoms with Crippen molar-refractivity contribution in [2.24, 2.45) is 5.73 Å². The van der Waals surface area contributed by atoms with Crippen LogP contribution in [0.1, 0.15) is 41.3 Å². The molecule has 33 heavy (non-hydrogen) atoms. The van der Waals surface area contributed by atoms with Crippen molar-refractivity contribution in [3.63, 3.8) is 0 Å². The summed E-state index contributed by atoms with van der Waals surface area (Å²) in [7, 11) is 1.64. The summed E-state index contributed by atoms with van der Waals surface area (Å²) >= 11 is 0. The average molecular weight is 477 g/mol. The molecule has 0 saturated heterocycles. The van der Waals surface area contributed by atoms with Gasteiger partial charge in [-0.15, -0.1) is 12.4 Å². The van der Waals surface area contributed by atoms with E-state index in [4.69, 9.17) is 19.6 Å². The zero-order valence-corrected chi connectivity index (χ0v) is 19.8. The van der Waals surface area contributed by atoms with Gasteiger partial charge in [0.1, 0.15) is 6.61 Å². The molecule has 2 N–H and O–H groups in total. The number of fused-ring (bicyclic) bond motifs is 2. The van der Waals surface area contributed by atoms with Gasteiger partial charge >= 0.3 is 0 Å². The molecule has 3 aromatic rings. The molecule has 1 aliphatic heterocycles. The third-order valence-electron chi connectivity index (χ3n) is 6.27. The molecule has 178 valence electrons. The maximum atomic E-state index is 14.2. The van der Waals surface area contributed by atoms with E-state index in [9.17, 15) is 9.18 Å². The Hall–Kier alpha value is -2.77. The summed E-state index contributed by atoms with van der Waals surface area (Å²) in [6.07, 6.45) is 5.29. The third-order valence-corrected chi connectivity index (χ3v) is 6.27. The largest absolute Gasteiger partial charge is 0.493 e. The van der Waals surface area contributed by atoms with Gasteiger partial charge in [-0.25, -0.2) is 4.39 Å². The van der Waals surface area contributed by atoms with Crippen LogP contribution in [0.5, 0.6) is 11.5 Å². The average Bonchev–Trinajstić information content (AvgIpc) is 3.22. The summed E-state index contributed by atoms with van der Waals surface area (Å²) in [4.78, 5) is 14.1. The Labute approximate surface area is 199 Å². The van der Waals surface area contributed by atoms with Crippen LogP contribution in [0.3, 0.4) is 0 Å². The maximum absolute atomic E-state index is 14.2. The second-order valence-corrected chi connectivity index (χ2v) is 8.12. The summed E-state index contributed by atoms with van der Waals surface area (Å²) in [6.45, 7) is 4.23. The summed E-state index contributed by atoms with van der Waals surface area (Å²) < 4.78 is 31.0. The summed E-state index contributed by atoms with van der Waals surface area (Å²) in [5, 5.41) is 1.09. The standard InChI is InChI=1S/C25H29FN2O4.ClH/c1-3-28(17-13-20-19(25(27)29)10-11-21(26)23(20)32-15-17)12-5-4-7-16-14-31-24-18(16)8-6-9-22(24)30-2;/h6,8-11,14,17H,3-5,7,12-13,15H2,1-2H3,(H2,27,29);1H. The first-order chi connectivity index (χ1) is 15.5. The maximum Gasteiger partial charge on any atom is 0.249 e. The van der Waals surface area contributed by atoms with E-state index in [0.717, 1.165) is 49.1 Å². The fourth-order valence-corrected chi connectivity index (χ4v) is 4.56. The van der Waals surface area contributed by atoms with Crippen LogP contribution < -0.4 is 15.2 Å². The number of aryl methyl sites for hydroxylation is 1. The molecule has 1 aliphatic rings. The number of rotatable bonds is 9. The summed E-state index contributed by atoms with van der Waals surface area (Å²) in [5.74, 6) is -0.0980. The molecular weight excluding hydrogens is 447 g/mol. The number of benzene rings is 2. The van der Waals surface area contributed by atoms with E-state index in [-0.39, 0.29) is 24.2 Å². The molecule has 0 saturated carbocycles. The number of ether oxygens (including phenoxy) is 2. The molecule has 0 bridgehead atoms. The highest BCUT2D eigenvalue weighted by Crippen LogP contribution is 2.33. The second-order valence-electron chi connectivity index (χ2n) is 8.12. The lowest BCUT2D eigenvalue weighted by Crippen LogP contribution is -2.44. The number of likely N-dealkylation sites (N-methyl/N-ethyl adjacent to an activating group) is 1. The Kier molecular flexibility index (Phi) is 8.21. The van der Waals surface area contributed by atoms with Crippen molar-refractivity contribution < 1.29 is 23.1 Å². The van der Waals surface area contributed by atoms with Gasteiger partial charge < -0.3 is 19.6 Å². The van der Waals surface area contributed by atoms with Crippen molar-refractivity contribution in [3.05, 3.63) is 59.1 Å². The van der Waals surface area contributed by atoms with E-state index in [1.54, 1.807) is 7.11 Å². The third kappa shape index (κ3) is 5.09. The van der Waals surface area contributed by atoms with Crippen molar-refractivity contribution in [2.45, 2.75) is 38.6 Å². The molecule has 0 radical (unpaired) electrons. The second kappa shape index (κ2) is 10.9. The number of hydrogen-bond donors (Lipinski definition) is 1. The number of halogens is 2. The van der Waals surface area contributed by atoms with Crippen molar-refractivity contribution >= 4 is 29.3 Å². The molecule has 1 unspecified atom stereocenters. The molecule has 1 aromatic heterocycles. The van der Waals surface area contributed by atoms with Gasteiger partial charge in [0.05, 0.1) is 13.4 Å². The SMILES string of the molecule is CCN(CCCCc1coc2c(OC)cccc12)C1COc2c(F)ccc(C(N)=O)c2C1.Cl. The van der Waals surface area contributed by atoms with Crippen LogP contribution in [0.2, 0.25) is 0 Å². The summed E-state index contributed by atoms with van der Waals surface area (Å²) in [5.41, 5.74) is 8.38. The number of hydrogen-bond acceptors (Lipinski definition) is 5. The first kappa shape index (κ1) is 24.9. The van der Waals surface area contributed by atoms with Gasteiger partial charge in [-0.2, -0.15) is 0 Å². The van der Waals surface area contributed by atoms with Gasteiger partial charge in [-0.3, -0.25) is 9.69 Å². The Bertz CT molecular complexity index is 1120. The number of primary amides is 1. The number of para-hydroxylation sites is 1. The lowest BCUT2D eigenvalue weighted by atomic mass is 9.95. The number of amides is 1. The highest BCUT2D eigenvalue weighted by molar-refractivity contribution is 5.95. The predicted molar refractivity (Wildman–Crippen MR) is 128 cm³/mol. The zero-order valence-electron chi connectivity index (χ0n) is 18.9. The van der Waals surface area contributed by atoms with Crippen LogP contribution >= 0.6 is 12.4 Å². The minimum absolute atomic E-state index is 0. The van der Waals surface area contributed by atoms with Gasteiger partial charge in [0, 0.05) is 22.6 Å². The van der Waals surface area contributed by atoms with Crippen molar-refractivity contribution in [3.8, 4) is 11.5 Å². The number of methoxy groups -OCH3 is 1. The van der Waals surface area contributed by atoms with Crippen LogP contribution in [0.25, 0.3) is 11.0 Å². The molecule has 4 rings (SSSR count). The molecule has 0 spiro atoms. The minimum Gasteiger partial charge on any atom is -0.493 e. The van der Waals surface area contributed by atoms with Gasteiger partial charge in [0.15, 0.2) is 22.9 Å². The lowest BCUT2D eigenvalue weighted by Gasteiger charge is -2.35. The fourth-order valence-electron chi connectivity index (χ4n) is 4.56. The molecule has 0 fully saturated rings. The highest BCUT2D eigenvalue weighted by atomic mass is 35.5. The molecule has 2 heterocycles. The van der Waals surface area contributed by atoms with Crippen LogP contribution in [0, 0.1) is 5.82 Å². The Morgan fingerprint density at radius 3 is 2.82 bits per heavy atom. The topological polar surface area (TPSA) is 77.9 Å². The van der Waals surface area contributed by atoms with Gasteiger partial charge in [0.2, 0.25) is 5.91 Å². The molecule has 1 amide bonds. The van der Waals surface area contributed by atoms with E-state index in [1.807, 2.05) is 18.4 Å². The van der Waals surface area contributed by atoms with Crippen molar-refractivity contribution in [1.29, 1.82) is 0 Å². The number of carbonyl (C=O) groups is 1. The number of nitrogens with two attached hydrogens (primary N) is 1. The van der Waals surface area contributed by atoms with Crippen LogP contribution in [-0.4, -0.2) is 43.7 Å². The van der Waals surface area contributed by atoms with Gasteiger partial charge in [-0.05, 0) is 62.5 Å². The van der Waals surface area contributed by atoms with Crippen molar-refractivity contribution in [2.75, 3.05) is 26.8 Å². The van der Waals surface area contributed by atoms with E-state index in [2.05, 4.69) is 17.9 Å². The molecule has 6 nitrogen and oxygen atoms in total.